The van der Waals surface area contributed by atoms with Gasteiger partial charge in [0.05, 0.1) is 6.61 Å². The molecule has 0 bridgehead atoms. The predicted molar refractivity (Wildman–Crippen MR) is 64.5 cm³/mol. The van der Waals surface area contributed by atoms with Crippen molar-refractivity contribution in [3.8, 4) is 6.01 Å². The number of hydrogen-bond acceptors (Lipinski definition) is 7. The lowest BCUT2D eigenvalue weighted by atomic mass is 10.2. The number of nitrogens with zero attached hydrogens (tertiary/aromatic N) is 4. The third-order valence-electron chi connectivity index (χ3n) is 2.52. The summed E-state index contributed by atoms with van der Waals surface area (Å²) < 4.78 is 5.22. The monoisotopic (exact) mass is 238 g/mol. The fourth-order valence-electron chi connectivity index (χ4n) is 1.76. The Morgan fingerprint density at radius 2 is 2.00 bits per heavy atom. The average Bonchev–Trinajstić information content (AvgIpc) is 2.30. The minimum atomic E-state index is 0.169. The van der Waals surface area contributed by atoms with Gasteiger partial charge in [-0.3, -0.25) is 5.43 Å². The van der Waals surface area contributed by atoms with Crippen LogP contribution in [0.5, 0.6) is 6.01 Å². The first-order valence-corrected chi connectivity index (χ1v) is 5.94. The van der Waals surface area contributed by atoms with Crippen molar-refractivity contribution in [3.63, 3.8) is 0 Å². The van der Waals surface area contributed by atoms with Gasteiger partial charge in [0.1, 0.15) is 0 Å². The fraction of sp³-hybridized carbons (Fsp3) is 0.700. The summed E-state index contributed by atoms with van der Waals surface area (Å²) in [6.45, 7) is 4.37. The zero-order valence-electron chi connectivity index (χ0n) is 10.0. The minimum Gasteiger partial charge on any atom is -0.464 e. The van der Waals surface area contributed by atoms with Gasteiger partial charge in [0.2, 0.25) is 11.9 Å². The van der Waals surface area contributed by atoms with Crippen molar-refractivity contribution in [1.29, 1.82) is 0 Å². The van der Waals surface area contributed by atoms with Gasteiger partial charge in [0.25, 0.3) is 0 Å². The normalized spacial score (nSPS) is 16.8. The third-order valence-corrected chi connectivity index (χ3v) is 2.52. The molecule has 0 atom stereocenters. The highest BCUT2D eigenvalue weighted by molar-refractivity contribution is 5.31. The number of piperidine rings is 1. The topological polar surface area (TPSA) is 89.2 Å². The minimum absolute atomic E-state index is 0.169. The number of nitrogen functional groups attached to an aromatic ring is 1. The summed E-state index contributed by atoms with van der Waals surface area (Å²) in [4.78, 5) is 12.1. The molecule has 7 heteroatoms. The Hall–Kier alpha value is -1.63. The largest absolute Gasteiger partial charge is 0.464 e. The van der Waals surface area contributed by atoms with Crippen molar-refractivity contribution in [2.24, 2.45) is 0 Å². The molecule has 0 radical (unpaired) electrons. The van der Waals surface area contributed by atoms with E-state index in [2.05, 4.69) is 25.4 Å². The van der Waals surface area contributed by atoms with Gasteiger partial charge < -0.3 is 10.5 Å². The molecule has 7 nitrogen and oxygen atoms in total. The molecule has 1 aliphatic rings. The van der Waals surface area contributed by atoms with Crippen molar-refractivity contribution in [1.82, 2.24) is 20.0 Å². The van der Waals surface area contributed by atoms with Crippen molar-refractivity contribution in [3.05, 3.63) is 0 Å². The summed E-state index contributed by atoms with van der Waals surface area (Å²) >= 11 is 0. The number of anilines is 2. The molecule has 0 amide bonds. The van der Waals surface area contributed by atoms with Crippen LogP contribution in [-0.4, -0.2) is 39.7 Å². The molecular weight excluding hydrogens is 220 g/mol. The lowest BCUT2D eigenvalue weighted by molar-refractivity contribution is 0.269. The zero-order valence-corrected chi connectivity index (χ0v) is 10.0. The van der Waals surface area contributed by atoms with Gasteiger partial charge in [0.15, 0.2) is 0 Å². The van der Waals surface area contributed by atoms with E-state index in [1.54, 1.807) is 0 Å². The molecular formula is C10H18N6O. The van der Waals surface area contributed by atoms with Gasteiger partial charge in [-0.1, -0.05) is 6.42 Å². The van der Waals surface area contributed by atoms with E-state index in [-0.39, 0.29) is 12.0 Å². The van der Waals surface area contributed by atoms with Crippen LogP contribution < -0.4 is 15.9 Å². The molecule has 17 heavy (non-hydrogen) atoms. The van der Waals surface area contributed by atoms with E-state index in [9.17, 15) is 0 Å². The highest BCUT2D eigenvalue weighted by Gasteiger charge is 2.12. The number of hydrazine groups is 1. The first-order valence-electron chi connectivity index (χ1n) is 5.94. The van der Waals surface area contributed by atoms with Crippen LogP contribution in [0.2, 0.25) is 0 Å². The molecule has 1 saturated heterocycles. The molecule has 0 unspecified atom stereocenters. The smallest absolute Gasteiger partial charge is 0.323 e. The molecule has 2 heterocycles. The number of ether oxygens (including phenoxy) is 1. The highest BCUT2D eigenvalue weighted by Crippen LogP contribution is 2.12. The highest BCUT2D eigenvalue weighted by atomic mass is 16.5. The summed E-state index contributed by atoms with van der Waals surface area (Å²) in [5, 5.41) is 2.09. The fourth-order valence-corrected chi connectivity index (χ4v) is 1.76. The number of rotatable bonds is 4. The lowest BCUT2D eigenvalue weighted by Gasteiger charge is -2.26. The summed E-state index contributed by atoms with van der Waals surface area (Å²) in [6, 6.07) is 0.263. The molecule has 0 saturated carbocycles. The molecule has 94 valence electrons. The second-order valence-corrected chi connectivity index (χ2v) is 3.89. The number of aromatic nitrogens is 3. The summed E-state index contributed by atoms with van der Waals surface area (Å²) in [6.07, 6.45) is 3.65. The molecule has 2 rings (SSSR count). The Morgan fingerprint density at radius 1 is 1.24 bits per heavy atom. The van der Waals surface area contributed by atoms with Crippen molar-refractivity contribution >= 4 is 11.9 Å². The lowest BCUT2D eigenvalue weighted by Crippen LogP contribution is -2.35. The van der Waals surface area contributed by atoms with E-state index >= 15 is 0 Å². The molecule has 1 aromatic rings. The number of nitrogens with one attached hydrogen (secondary N) is 1. The quantitative estimate of drug-likeness (QED) is 0.796. The summed E-state index contributed by atoms with van der Waals surface area (Å²) in [7, 11) is 0. The van der Waals surface area contributed by atoms with E-state index in [4.69, 9.17) is 10.5 Å². The maximum atomic E-state index is 5.59. The van der Waals surface area contributed by atoms with Crippen LogP contribution in [0, 0.1) is 0 Å². The maximum absolute atomic E-state index is 5.59. The predicted octanol–water partition coefficient (Wildman–Crippen LogP) is 0.665. The summed E-state index contributed by atoms with van der Waals surface area (Å²) in [5.74, 6) is 0.616. The SMILES string of the molecule is CCOc1nc(N)nc(NN2CCCCC2)n1. The molecule has 0 aromatic carbocycles. The van der Waals surface area contributed by atoms with E-state index in [1.807, 2.05) is 6.92 Å². The van der Waals surface area contributed by atoms with Gasteiger partial charge >= 0.3 is 6.01 Å². The van der Waals surface area contributed by atoms with Gasteiger partial charge in [0, 0.05) is 13.1 Å². The number of nitrogens with two attached hydrogens (primary N) is 1. The van der Waals surface area contributed by atoms with Crippen LogP contribution in [0.3, 0.4) is 0 Å². The van der Waals surface area contributed by atoms with Crippen molar-refractivity contribution in [2.45, 2.75) is 26.2 Å². The van der Waals surface area contributed by atoms with Crippen LogP contribution >= 0.6 is 0 Å². The first-order chi connectivity index (χ1) is 8.28. The molecule has 3 N–H and O–H groups in total. The van der Waals surface area contributed by atoms with Crippen LogP contribution in [0.25, 0.3) is 0 Å². The molecule has 1 fully saturated rings. The van der Waals surface area contributed by atoms with Crippen molar-refractivity contribution in [2.75, 3.05) is 30.9 Å². The number of hydrogen-bond donors (Lipinski definition) is 2. The van der Waals surface area contributed by atoms with Crippen LogP contribution in [0.15, 0.2) is 0 Å². The third kappa shape index (κ3) is 3.42. The second-order valence-electron chi connectivity index (χ2n) is 3.89. The van der Waals surface area contributed by atoms with E-state index < -0.39 is 0 Å². The van der Waals surface area contributed by atoms with Crippen LogP contribution in [-0.2, 0) is 0 Å². The van der Waals surface area contributed by atoms with Crippen molar-refractivity contribution < 1.29 is 4.74 Å². The Bertz CT molecular complexity index is 366. The second kappa shape index (κ2) is 5.62. The average molecular weight is 238 g/mol. The van der Waals surface area contributed by atoms with Crippen LogP contribution in [0.1, 0.15) is 26.2 Å². The van der Waals surface area contributed by atoms with E-state index in [1.165, 1.54) is 19.3 Å². The standard InChI is InChI=1S/C10H18N6O/c1-2-17-10-13-8(11)12-9(14-10)15-16-6-4-3-5-7-16/h2-7H2,1H3,(H3,11,12,13,14,15). The van der Waals surface area contributed by atoms with Gasteiger partial charge in [-0.2, -0.15) is 15.0 Å². The van der Waals surface area contributed by atoms with Gasteiger partial charge in [-0.15, -0.1) is 0 Å². The Labute approximate surface area is 100 Å². The van der Waals surface area contributed by atoms with Crippen LogP contribution in [0.4, 0.5) is 11.9 Å². The van der Waals surface area contributed by atoms with E-state index in [0.717, 1.165) is 13.1 Å². The molecule has 1 aromatic heterocycles. The zero-order chi connectivity index (χ0) is 12.1. The Morgan fingerprint density at radius 3 is 2.71 bits per heavy atom. The summed E-state index contributed by atoms with van der Waals surface area (Å²) in [5.41, 5.74) is 8.73. The molecule has 0 spiro atoms. The van der Waals surface area contributed by atoms with Gasteiger partial charge in [-0.25, -0.2) is 5.01 Å². The van der Waals surface area contributed by atoms with E-state index in [0.29, 0.717) is 12.6 Å². The maximum Gasteiger partial charge on any atom is 0.323 e. The Balaban J connectivity index is 2.03. The molecule has 0 aliphatic carbocycles. The molecule has 1 aliphatic heterocycles. The van der Waals surface area contributed by atoms with Gasteiger partial charge in [-0.05, 0) is 19.8 Å². The Kier molecular flexibility index (Phi) is 3.92. The first kappa shape index (κ1) is 11.8.